The van der Waals surface area contributed by atoms with E-state index < -0.39 is 10.0 Å². The summed E-state index contributed by atoms with van der Waals surface area (Å²) >= 11 is 0. The molecule has 1 fully saturated rings. The maximum Gasteiger partial charge on any atom is 0.257 e. The number of carbonyl (C=O) groups is 1. The summed E-state index contributed by atoms with van der Waals surface area (Å²) in [6.07, 6.45) is 4.64. The van der Waals surface area contributed by atoms with Crippen LogP contribution in [0.5, 0.6) is 5.75 Å². The highest BCUT2D eigenvalue weighted by molar-refractivity contribution is 7.89. The van der Waals surface area contributed by atoms with Gasteiger partial charge in [-0.15, -0.1) is 0 Å². The topological polar surface area (TPSA) is 75.7 Å². The molecule has 6 nitrogen and oxygen atoms in total. The predicted octanol–water partition coefficient (Wildman–Crippen LogP) is 4.11. The lowest BCUT2D eigenvalue weighted by molar-refractivity contribution is -0.123. The molecule has 1 amide bonds. The van der Waals surface area contributed by atoms with E-state index >= 15 is 0 Å². The molecule has 0 atom stereocenters. The quantitative estimate of drug-likeness (QED) is 0.614. The largest absolute Gasteiger partial charge is 0.484 e. The van der Waals surface area contributed by atoms with Crippen LogP contribution in [0.4, 0.5) is 0 Å². The minimum Gasteiger partial charge on any atom is -0.484 e. The SMILES string of the molecule is CC(C)c1cccc(OCC(=O)NCCc2ccc(S(=O)(=O)N3CCCCCC3)cc2)c1. The number of nitrogens with zero attached hydrogens (tertiary/aromatic N) is 1. The molecule has 3 rings (SSSR count). The van der Waals surface area contributed by atoms with E-state index in [0.29, 0.717) is 42.6 Å². The summed E-state index contributed by atoms with van der Waals surface area (Å²) in [4.78, 5) is 12.4. The molecule has 0 unspecified atom stereocenters. The van der Waals surface area contributed by atoms with Gasteiger partial charge in [0, 0.05) is 19.6 Å². The van der Waals surface area contributed by atoms with Crippen LogP contribution in [0.3, 0.4) is 0 Å². The Labute approximate surface area is 192 Å². The van der Waals surface area contributed by atoms with Gasteiger partial charge in [0.2, 0.25) is 10.0 Å². The van der Waals surface area contributed by atoms with E-state index in [1.807, 2.05) is 36.4 Å². The predicted molar refractivity (Wildman–Crippen MR) is 126 cm³/mol. The lowest BCUT2D eigenvalue weighted by Gasteiger charge is -2.20. The van der Waals surface area contributed by atoms with Crippen LogP contribution in [0.1, 0.15) is 56.6 Å². The molecule has 0 spiro atoms. The molecule has 1 saturated heterocycles. The van der Waals surface area contributed by atoms with Crippen molar-refractivity contribution < 1.29 is 17.9 Å². The van der Waals surface area contributed by atoms with Crippen LogP contribution in [-0.2, 0) is 21.2 Å². The van der Waals surface area contributed by atoms with Gasteiger partial charge in [-0.2, -0.15) is 4.31 Å². The lowest BCUT2D eigenvalue weighted by atomic mass is 10.0. The number of amides is 1. The van der Waals surface area contributed by atoms with Crippen LogP contribution in [0.25, 0.3) is 0 Å². The highest BCUT2D eigenvalue weighted by Gasteiger charge is 2.24. The monoisotopic (exact) mass is 458 g/mol. The molecule has 1 N–H and O–H groups in total. The second-order valence-corrected chi connectivity index (χ2v) is 10.5. The van der Waals surface area contributed by atoms with Gasteiger partial charge < -0.3 is 10.1 Å². The third-order valence-corrected chi connectivity index (χ3v) is 7.67. The second-order valence-electron chi connectivity index (χ2n) is 8.58. The Hall–Kier alpha value is -2.38. The summed E-state index contributed by atoms with van der Waals surface area (Å²) in [6, 6.07) is 14.8. The molecular weight excluding hydrogens is 424 g/mol. The fourth-order valence-corrected chi connectivity index (χ4v) is 5.29. The van der Waals surface area contributed by atoms with Gasteiger partial charge in [-0.3, -0.25) is 4.79 Å². The summed E-state index contributed by atoms with van der Waals surface area (Å²) in [7, 11) is -3.43. The second kappa shape index (κ2) is 11.5. The van der Waals surface area contributed by atoms with Gasteiger partial charge in [-0.25, -0.2) is 8.42 Å². The highest BCUT2D eigenvalue weighted by Crippen LogP contribution is 2.21. The number of sulfonamides is 1. The summed E-state index contributed by atoms with van der Waals surface area (Å²) in [5, 5.41) is 2.85. The van der Waals surface area contributed by atoms with Crippen molar-refractivity contribution in [3.63, 3.8) is 0 Å². The van der Waals surface area contributed by atoms with Crippen molar-refractivity contribution in [1.29, 1.82) is 0 Å². The molecule has 32 heavy (non-hydrogen) atoms. The molecule has 0 aromatic heterocycles. The highest BCUT2D eigenvalue weighted by atomic mass is 32.2. The first kappa shape index (κ1) is 24.3. The summed E-state index contributed by atoms with van der Waals surface area (Å²) < 4.78 is 32.9. The van der Waals surface area contributed by atoms with Crippen molar-refractivity contribution in [3.8, 4) is 5.75 Å². The van der Waals surface area contributed by atoms with Crippen molar-refractivity contribution in [2.75, 3.05) is 26.2 Å². The minimum absolute atomic E-state index is 0.0332. The van der Waals surface area contributed by atoms with Gasteiger partial charge in [-0.1, -0.05) is 51.0 Å². The van der Waals surface area contributed by atoms with Crippen LogP contribution < -0.4 is 10.1 Å². The smallest absolute Gasteiger partial charge is 0.257 e. The third kappa shape index (κ3) is 6.81. The normalized spacial score (nSPS) is 15.3. The molecule has 7 heteroatoms. The van der Waals surface area contributed by atoms with Gasteiger partial charge in [0.1, 0.15) is 5.75 Å². The standard InChI is InChI=1S/C25H34N2O4S/c1-20(2)22-8-7-9-23(18-22)31-19-25(28)26-15-14-21-10-12-24(13-11-21)32(29,30)27-16-5-3-4-6-17-27/h7-13,18,20H,3-6,14-17,19H2,1-2H3,(H,26,28). The van der Waals surface area contributed by atoms with E-state index in [0.717, 1.165) is 31.2 Å². The van der Waals surface area contributed by atoms with Crippen molar-refractivity contribution in [1.82, 2.24) is 9.62 Å². The average molecular weight is 459 g/mol. The molecule has 2 aromatic rings. The number of rotatable bonds is 9. The van der Waals surface area contributed by atoms with Crippen LogP contribution in [-0.4, -0.2) is 44.9 Å². The number of nitrogens with one attached hydrogen (secondary N) is 1. The van der Waals surface area contributed by atoms with Crippen LogP contribution in [0.15, 0.2) is 53.4 Å². The zero-order valence-corrected chi connectivity index (χ0v) is 19.9. The Morgan fingerprint density at radius 3 is 2.38 bits per heavy atom. The first-order chi connectivity index (χ1) is 15.4. The molecule has 1 heterocycles. The maximum absolute atomic E-state index is 12.9. The van der Waals surface area contributed by atoms with E-state index in [-0.39, 0.29) is 12.5 Å². The Morgan fingerprint density at radius 1 is 1.03 bits per heavy atom. The molecule has 1 aliphatic heterocycles. The number of benzene rings is 2. The van der Waals surface area contributed by atoms with E-state index in [1.54, 1.807) is 16.4 Å². The van der Waals surface area contributed by atoms with Crippen LogP contribution >= 0.6 is 0 Å². The summed E-state index contributed by atoms with van der Waals surface area (Å²) in [5.41, 5.74) is 2.15. The Morgan fingerprint density at radius 2 is 1.72 bits per heavy atom. The zero-order chi connectivity index (χ0) is 23.0. The molecule has 0 radical (unpaired) electrons. The van der Waals surface area contributed by atoms with Gasteiger partial charge in [0.05, 0.1) is 4.90 Å². The molecule has 1 aliphatic rings. The molecular formula is C25H34N2O4S. The van der Waals surface area contributed by atoms with Gasteiger partial charge in [0.25, 0.3) is 5.91 Å². The van der Waals surface area contributed by atoms with Crippen LogP contribution in [0, 0.1) is 0 Å². The number of hydrogen-bond donors (Lipinski definition) is 1. The summed E-state index contributed by atoms with van der Waals surface area (Å²) in [6.45, 7) is 5.85. The fraction of sp³-hybridized carbons (Fsp3) is 0.480. The van der Waals surface area contributed by atoms with Crippen molar-refractivity contribution in [2.45, 2.75) is 56.8 Å². The minimum atomic E-state index is -3.43. The molecule has 174 valence electrons. The molecule has 0 aliphatic carbocycles. The number of hydrogen-bond acceptors (Lipinski definition) is 4. The van der Waals surface area contributed by atoms with E-state index in [2.05, 4.69) is 19.2 Å². The Balaban J connectivity index is 1.45. The first-order valence-corrected chi connectivity index (χ1v) is 12.9. The summed E-state index contributed by atoms with van der Waals surface area (Å²) in [5.74, 6) is 0.908. The zero-order valence-electron chi connectivity index (χ0n) is 19.0. The number of carbonyl (C=O) groups excluding carboxylic acids is 1. The van der Waals surface area contributed by atoms with Crippen molar-refractivity contribution in [3.05, 3.63) is 59.7 Å². The average Bonchev–Trinajstić information content (AvgIpc) is 3.08. The van der Waals surface area contributed by atoms with E-state index in [4.69, 9.17) is 4.74 Å². The molecule has 0 bridgehead atoms. The fourth-order valence-electron chi connectivity index (χ4n) is 3.77. The first-order valence-electron chi connectivity index (χ1n) is 11.4. The molecule has 0 saturated carbocycles. The Bertz CT molecular complexity index is 979. The number of ether oxygens (including phenoxy) is 1. The maximum atomic E-state index is 12.9. The van der Waals surface area contributed by atoms with Gasteiger partial charge >= 0.3 is 0 Å². The van der Waals surface area contributed by atoms with Crippen molar-refractivity contribution >= 4 is 15.9 Å². The van der Waals surface area contributed by atoms with E-state index in [9.17, 15) is 13.2 Å². The van der Waals surface area contributed by atoms with Gasteiger partial charge in [-0.05, 0) is 60.6 Å². The van der Waals surface area contributed by atoms with Gasteiger partial charge in [0.15, 0.2) is 6.61 Å². The lowest BCUT2D eigenvalue weighted by Crippen LogP contribution is -2.32. The van der Waals surface area contributed by atoms with Crippen molar-refractivity contribution in [2.24, 2.45) is 0 Å². The Kier molecular flexibility index (Phi) is 8.70. The third-order valence-electron chi connectivity index (χ3n) is 5.76. The van der Waals surface area contributed by atoms with Crippen LogP contribution in [0.2, 0.25) is 0 Å². The molecule has 2 aromatic carbocycles. The van der Waals surface area contributed by atoms with E-state index in [1.165, 1.54) is 5.56 Å².